The summed E-state index contributed by atoms with van der Waals surface area (Å²) >= 11 is 7.97. The number of aryl methyl sites for hydroxylation is 1. The van der Waals surface area contributed by atoms with Crippen LogP contribution in [0.1, 0.15) is 36.4 Å². The first-order chi connectivity index (χ1) is 16.2. The Morgan fingerprint density at radius 3 is 2.79 bits per heavy atom. The largest absolute Gasteiger partial charge is 0.486 e. The van der Waals surface area contributed by atoms with E-state index in [-0.39, 0.29) is 4.87 Å². The second-order valence-corrected chi connectivity index (χ2v) is 10.5. The standard InChI is InChI=1S/C24H27ClN4O3S/c25-18-1-2-21-23-22(18)15(3-8-29(23)24(30)33-21)14-28-6-4-16(5-7-28)26-12-17-11-19-20(13-27-17)32-10-9-31-19/h1-2,11,13,15-16,26H,3-10,12,14H2. The maximum atomic E-state index is 12.3. The lowest BCUT2D eigenvalue weighted by Crippen LogP contribution is -2.44. The number of nitrogens with one attached hydrogen (secondary N) is 1. The maximum absolute atomic E-state index is 12.3. The summed E-state index contributed by atoms with van der Waals surface area (Å²) in [5, 5.41) is 4.46. The van der Waals surface area contributed by atoms with Crippen LogP contribution in [0.25, 0.3) is 10.2 Å². The molecule has 6 rings (SSSR count). The summed E-state index contributed by atoms with van der Waals surface area (Å²) in [7, 11) is 0. The smallest absolute Gasteiger partial charge is 0.308 e. The van der Waals surface area contributed by atoms with Gasteiger partial charge in [-0.3, -0.25) is 14.3 Å². The van der Waals surface area contributed by atoms with Crippen LogP contribution in [0.2, 0.25) is 5.02 Å². The zero-order valence-corrected chi connectivity index (χ0v) is 20.0. The normalized spacial score (nSPS) is 20.9. The van der Waals surface area contributed by atoms with Crippen molar-refractivity contribution < 1.29 is 9.47 Å². The minimum absolute atomic E-state index is 0.131. The first-order valence-corrected chi connectivity index (χ1v) is 12.9. The first-order valence-electron chi connectivity index (χ1n) is 11.7. The molecule has 0 bridgehead atoms. The van der Waals surface area contributed by atoms with Gasteiger partial charge >= 0.3 is 4.87 Å². The second kappa shape index (κ2) is 8.91. The highest BCUT2D eigenvalue weighted by molar-refractivity contribution is 7.16. The minimum atomic E-state index is 0.131. The molecule has 1 atom stereocenters. The van der Waals surface area contributed by atoms with Crippen LogP contribution in [0.3, 0.4) is 0 Å². The number of piperidine rings is 1. The molecule has 2 aromatic heterocycles. The van der Waals surface area contributed by atoms with Crippen molar-refractivity contribution in [1.29, 1.82) is 0 Å². The third kappa shape index (κ3) is 4.14. The number of likely N-dealkylation sites (tertiary alicyclic amines) is 1. The zero-order chi connectivity index (χ0) is 22.4. The van der Waals surface area contributed by atoms with Crippen molar-refractivity contribution in [3.05, 3.63) is 50.3 Å². The number of pyridine rings is 1. The monoisotopic (exact) mass is 486 g/mol. The minimum Gasteiger partial charge on any atom is -0.486 e. The van der Waals surface area contributed by atoms with Crippen LogP contribution in [0, 0.1) is 0 Å². The first kappa shape index (κ1) is 21.4. The second-order valence-electron chi connectivity index (χ2n) is 9.09. The number of thiazole rings is 1. The molecule has 1 unspecified atom stereocenters. The van der Waals surface area contributed by atoms with Gasteiger partial charge in [-0.25, -0.2) is 0 Å². The van der Waals surface area contributed by atoms with E-state index in [9.17, 15) is 4.79 Å². The van der Waals surface area contributed by atoms with Crippen LogP contribution in [-0.2, 0) is 13.1 Å². The Morgan fingerprint density at radius 1 is 1.12 bits per heavy atom. The van der Waals surface area contributed by atoms with Crippen LogP contribution >= 0.6 is 22.9 Å². The van der Waals surface area contributed by atoms with Gasteiger partial charge in [0.05, 0.1) is 22.1 Å². The summed E-state index contributed by atoms with van der Waals surface area (Å²) < 4.78 is 14.2. The van der Waals surface area contributed by atoms with Crippen LogP contribution < -0.4 is 19.7 Å². The van der Waals surface area contributed by atoms with Gasteiger partial charge in [0.15, 0.2) is 11.5 Å². The fourth-order valence-electron chi connectivity index (χ4n) is 5.33. The summed E-state index contributed by atoms with van der Waals surface area (Å²) in [4.78, 5) is 19.5. The molecule has 1 aromatic carbocycles. The third-order valence-electron chi connectivity index (χ3n) is 7.05. The lowest BCUT2D eigenvalue weighted by Gasteiger charge is -2.36. The van der Waals surface area contributed by atoms with Crippen LogP contribution in [0.4, 0.5) is 0 Å². The molecule has 1 fully saturated rings. The van der Waals surface area contributed by atoms with Crippen molar-refractivity contribution in [1.82, 2.24) is 19.8 Å². The lowest BCUT2D eigenvalue weighted by atomic mass is 9.90. The average molecular weight is 487 g/mol. The van der Waals surface area contributed by atoms with Crippen LogP contribution in [0.5, 0.6) is 11.5 Å². The van der Waals surface area contributed by atoms with Gasteiger partial charge in [0.25, 0.3) is 0 Å². The van der Waals surface area contributed by atoms with Gasteiger partial charge < -0.3 is 19.7 Å². The average Bonchev–Trinajstić information content (AvgIpc) is 3.17. The summed E-state index contributed by atoms with van der Waals surface area (Å²) in [6.07, 6.45) is 4.95. The van der Waals surface area contributed by atoms with E-state index in [4.69, 9.17) is 21.1 Å². The molecule has 33 heavy (non-hydrogen) atoms. The molecule has 3 aliphatic heterocycles. The Bertz CT molecular complexity index is 1230. The number of halogens is 1. The Kier molecular flexibility index (Phi) is 5.78. The van der Waals surface area contributed by atoms with Crippen molar-refractivity contribution in [2.45, 2.75) is 44.3 Å². The van der Waals surface area contributed by atoms with Gasteiger partial charge in [-0.05, 0) is 44.5 Å². The van der Waals surface area contributed by atoms with Gasteiger partial charge in [0.1, 0.15) is 13.2 Å². The Hall–Kier alpha value is -2.13. The van der Waals surface area contributed by atoms with E-state index in [1.165, 1.54) is 16.9 Å². The van der Waals surface area contributed by atoms with Gasteiger partial charge in [-0.2, -0.15) is 0 Å². The molecule has 1 saturated heterocycles. The summed E-state index contributed by atoms with van der Waals surface area (Å²) in [5.74, 6) is 1.90. The van der Waals surface area contributed by atoms with Crippen LogP contribution in [0.15, 0.2) is 29.2 Å². The number of rotatable bonds is 5. The van der Waals surface area contributed by atoms with Crippen molar-refractivity contribution in [3.63, 3.8) is 0 Å². The molecule has 0 amide bonds. The molecule has 7 nitrogen and oxygen atoms in total. The van der Waals surface area contributed by atoms with E-state index >= 15 is 0 Å². The van der Waals surface area contributed by atoms with E-state index in [2.05, 4.69) is 15.2 Å². The molecule has 0 saturated carbocycles. The number of hydrogen-bond acceptors (Lipinski definition) is 7. The summed E-state index contributed by atoms with van der Waals surface area (Å²) in [5.41, 5.74) is 3.22. The predicted octanol–water partition coefficient (Wildman–Crippen LogP) is 3.62. The molecular formula is C24H27ClN4O3S. The van der Waals surface area contributed by atoms with E-state index in [1.807, 2.05) is 22.8 Å². The Balaban J connectivity index is 1.06. The summed E-state index contributed by atoms with van der Waals surface area (Å²) in [6.45, 7) is 5.82. The van der Waals surface area contributed by atoms with Crippen molar-refractivity contribution >= 4 is 33.2 Å². The van der Waals surface area contributed by atoms with Crippen molar-refractivity contribution in [3.8, 4) is 11.5 Å². The molecule has 9 heteroatoms. The Labute approximate surface area is 201 Å². The third-order valence-corrected chi connectivity index (χ3v) is 8.32. The highest BCUT2D eigenvalue weighted by Crippen LogP contribution is 2.39. The highest BCUT2D eigenvalue weighted by atomic mass is 35.5. The molecule has 3 aliphatic rings. The maximum Gasteiger partial charge on any atom is 0.308 e. The lowest BCUT2D eigenvalue weighted by molar-refractivity contribution is 0.170. The van der Waals surface area contributed by atoms with Gasteiger partial charge in [-0.1, -0.05) is 22.9 Å². The van der Waals surface area contributed by atoms with Crippen molar-refractivity contribution in [2.75, 3.05) is 32.8 Å². The molecule has 174 valence electrons. The van der Waals surface area contributed by atoms with Gasteiger partial charge in [0, 0.05) is 48.2 Å². The quantitative estimate of drug-likeness (QED) is 0.594. The van der Waals surface area contributed by atoms with Gasteiger partial charge in [-0.15, -0.1) is 0 Å². The Morgan fingerprint density at radius 2 is 1.94 bits per heavy atom. The fraction of sp³-hybridized carbons (Fsp3) is 0.500. The summed E-state index contributed by atoms with van der Waals surface area (Å²) in [6, 6.07) is 6.41. The number of ether oxygens (including phenoxy) is 2. The number of benzene rings is 1. The zero-order valence-electron chi connectivity index (χ0n) is 18.4. The topological polar surface area (TPSA) is 68.6 Å². The molecular weight excluding hydrogens is 460 g/mol. The predicted molar refractivity (Wildman–Crippen MR) is 130 cm³/mol. The number of fused-ring (bicyclic) bond motifs is 1. The van der Waals surface area contributed by atoms with Crippen molar-refractivity contribution in [2.24, 2.45) is 0 Å². The van der Waals surface area contributed by atoms with E-state index < -0.39 is 0 Å². The van der Waals surface area contributed by atoms with E-state index in [0.29, 0.717) is 25.2 Å². The molecule has 0 radical (unpaired) electrons. The van der Waals surface area contributed by atoms with Crippen LogP contribution in [-0.4, -0.2) is 53.3 Å². The molecule has 3 aromatic rings. The molecule has 1 N–H and O–H groups in total. The van der Waals surface area contributed by atoms with E-state index in [1.54, 1.807) is 6.20 Å². The fourth-order valence-corrected chi connectivity index (χ4v) is 6.57. The number of aromatic nitrogens is 2. The SMILES string of the molecule is O=c1sc2ccc(Cl)c3c2n1CCC3CN1CCC(NCc2cc3c(cn2)OCCO3)CC1. The number of nitrogens with zero attached hydrogens (tertiary/aromatic N) is 3. The molecule has 0 aliphatic carbocycles. The molecule has 5 heterocycles. The number of hydrogen-bond donors (Lipinski definition) is 1. The van der Waals surface area contributed by atoms with Gasteiger partial charge in [0.2, 0.25) is 0 Å². The molecule has 0 spiro atoms. The van der Waals surface area contributed by atoms with E-state index in [0.717, 1.165) is 84.4 Å². The highest BCUT2D eigenvalue weighted by Gasteiger charge is 2.29.